The van der Waals surface area contributed by atoms with Crippen LogP contribution in [0.25, 0.3) is 0 Å². The van der Waals surface area contributed by atoms with Crippen LogP contribution in [0.15, 0.2) is 23.2 Å². The Balaban J connectivity index is 2.44. The summed E-state index contributed by atoms with van der Waals surface area (Å²) in [5.41, 5.74) is -2.25. The Hall–Kier alpha value is -3.42. The van der Waals surface area contributed by atoms with Gasteiger partial charge >= 0.3 is 12.3 Å². The molecular formula is C20H21ClF4N6O5S. The molecule has 0 radical (unpaired) electrons. The average molecular weight is 569 g/mol. The number of hydrogen-bond acceptors (Lipinski definition) is 7. The molecule has 1 heterocycles. The van der Waals surface area contributed by atoms with Gasteiger partial charge in [0.25, 0.3) is 15.9 Å². The van der Waals surface area contributed by atoms with Crippen LogP contribution < -0.4 is 10.1 Å². The zero-order valence-corrected chi connectivity index (χ0v) is 21.5. The largest absolute Gasteiger partial charge is 0.443 e. The highest BCUT2D eigenvalue weighted by Gasteiger charge is 2.46. The summed E-state index contributed by atoms with van der Waals surface area (Å²) in [6.45, 7) is 4.59. The summed E-state index contributed by atoms with van der Waals surface area (Å²) in [5, 5.41) is 12.7. The second-order valence-electron chi connectivity index (χ2n) is 8.51. The van der Waals surface area contributed by atoms with Gasteiger partial charge in [0, 0.05) is 12.7 Å². The number of hydrazine groups is 1. The fraction of sp³-hybridized carbons (Fsp3) is 0.400. The standard InChI is InChI=1S/C20H21ClF4N6O5S/c1-10(20(23,24)25)31(18(33)36-19(2,3)4)29-37(34,35)17-14(21)15(30(5)28-17)16(32)27-12-6-7-13(22)11(8-12)9-26/h6-8,10,29H,1-5H3,(H,27,32). The second-order valence-corrected chi connectivity index (χ2v) is 10.5. The van der Waals surface area contributed by atoms with Crippen molar-refractivity contribution in [2.45, 2.75) is 50.5 Å². The van der Waals surface area contributed by atoms with Crippen LogP contribution >= 0.6 is 11.6 Å². The molecule has 17 heteroatoms. The first-order valence-corrected chi connectivity index (χ1v) is 12.0. The lowest BCUT2D eigenvalue weighted by Crippen LogP contribution is -2.57. The minimum absolute atomic E-state index is 0.0437. The number of hydrogen-bond donors (Lipinski definition) is 2. The Bertz CT molecular complexity index is 1360. The summed E-state index contributed by atoms with van der Waals surface area (Å²) in [6, 6.07) is 1.94. The fourth-order valence-electron chi connectivity index (χ4n) is 2.68. The van der Waals surface area contributed by atoms with Crippen molar-refractivity contribution in [3.63, 3.8) is 0 Å². The lowest BCUT2D eigenvalue weighted by atomic mass is 10.2. The first kappa shape index (κ1) is 29.8. The molecule has 11 nitrogen and oxygen atoms in total. The van der Waals surface area contributed by atoms with Crippen LogP contribution in [-0.4, -0.2) is 53.0 Å². The molecule has 1 aromatic carbocycles. The molecule has 1 unspecified atom stereocenters. The van der Waals surface area contributed by atoms with E-state index >= 15 is 0 Å². The van der Waals surface area contributed by atoms with E-state index in [1.807, 2.05) is 0 Å². The number of ether oxygens (including phenoxy) is 1. The van der Waals surface area contributed by atoms with Gasteiger partial charge in [0.15, 0.2) is 0 Å². The SMILES string of the molecule is CC(N(NS(=O)(=O)c1nn(C)c(C(=O)Nc2ccc(F)c(C#N)c2)c1Cl)C(=O)OC(C)(C)C)C(F)(F)F. The third-order valence-electron chi connectivity index (χ3n) is 4.44. The molecule has 2 rings (SSSR count). The van der Waals surface area contributed by atoms with E-state index in [0.29, 0.717) is 6.92 Å². The number of aryl methyl sites for hydroxylation is 1. The molecule has 0 saturated carbocycles. The number of carbonyl (C=O) groups excluding carboxylic acids is 2. The first-order chi connectivity index (χ1) is 16.8. The highest BCUT2D eigenvalue weighted by molar-refractivity contribution is 7.89. The van der Waals surface area contributed by atoms with Gasteiger partial charge in [0.2, 0.25) is 5.03 Å². The van der Waals surface area contributed by atoms with Gasteiger partial charge in [0.05, 0.1) is 5.56 Å². The second kappa shape index (κ2) is 10.5. The zero-order chi connectivity index (χ0) is 28.5. The number of aromatic nitrogens is 2. The molecule has 0 aliphatic rings. The Morgan fingerprint density at radius 3 is 2.38 bits per heavy atom. The summed E-state index contributed by atoms with van der Waals surface area (Å²) in [6.07, 6.45) is -6.72. The topological polar surface area (TPSA) is 146 Å². The number of benzene rings is 1. The van der Waals surface area contributed by atoms with Gasteiger partial charge in [-0.25, -0.2) is 22.6 Å². The first-order valence-electron chi connectivity index (χ1n) is 10.1. The van der Waals surface area contributed by atoms with E-state index in [9.17, 15) is 35.6 Å². The minimum atomic E-state index is -5.08. The van der Waals surface area contributed by atoms with Crippen molar-refractivity contribution in [2.24, 2.45) is 7.05 Å². The molecule has 1 atom stereocenters. The molecule has 2 aromatic rings. The zero-order valence-electron chi connectivity index (χ0n) is 19.9. The van der Waals surface area contributed by atoms with E-state index in [1.165, 1.54) is 25.6 Å². The summed E-state index contributed by atoms with van der Waals surface area (Å²) >= 11 is 6.07. The summed E-state index contributed by atoms with van der Waals surface area (Å²) < 4.78 is 85.1. The Labute approximate surface area is 213 Å². The van der Waals surface area contributed by atoms with E-state index < -0.39 is 61.4 Å². The van der Waals surface area contributed by atoms with E-state index in [2.05, 4.69) is 10.4 Å². The molecule has 0 spiro atoms. The smallest absolute Gasteiger partial charge is 0.426 e. The maximum Gasteiger partial charge on any atom is 0.426 e. The van der Waals surface area contributed by atoms with Crippen molar-refractivity contribution in [3.8, 4) is 6.07 Å². The number of sulfonamides is 1. The number of alkyl halides is 3. The summed E-state index contributed by atoms with van der Waals surface area (Å²) in [7, 11) is -3.96. The van der Waals surface area contributed by atoms with Gasteiger partial charge < -0.3 is 10.1 Å². The van der Waals surface area contributed by atoms with Crippen LogP contribution in [0.2, 0.25) is 5.02 Å². The van der Waals surface area contributed by atoms with Crippen LogP contribution in [0, 0.1) is 17.1 Å². The predicted octanol–water partition coefficient (Wildman–Crippen LogP) is 3.72. The van der Waals surface area contributed by atoms with Gasteiger partial charge in [-0.2, -0.15) is 23.5 Å². The molecule has 37 heavy (non-hydrogen) atoms. The van der Waals surface area contributed by atoms with Crippen molar-refractivity contribution < 1.29 is 40.3 Å². The molecule has 2 amide bonds. The third kappa shape index (κ3) is 7.08. The number of halogens is 5. The number of amides is 2. The molecule has 1 aromatic heterocycles. The maximum absolute atomic E-state index is 13.5. The Kier molecular flexibility index (Phi) is 8.47. The molecular weight excluding hydrogens is 548 g/mol. The van der Waals surface area contributed by atoms with Crippen LogP contribution in [-0.2, 0) is 21.8 Å². The van der Waals surface area contributed by atoms with Gasteiger partial charge in [-0.15, -0.1) is 4.83 Å². The van der Waals surface area contributed by atoms with Crippen molar-refractivity contribution in [1.29, 1.82) is 5.26 Å². The summed E-state index contributed by atoms with van der Waals surface area (Å²) in [4.78, 5) is 26.6. The third-order valence-corrected chi connectivity index (χ3v) is 6.15. The molecule has 0 fully saturated rings. The molecule has 2 N–H and O–H groups in total. The Morgan fingerprint density at radius 1 is 1.27 bits per heavy atom. The van der Waals surface area contributed by atoms with Crippen molar-refractivity contribution in [2.75, 3.05) is 5.32 Å². The molecule has 0 saturated heterocycles. The van der Waals surface area contributed by atoms with Gasteiger partial charge in [0.1, 0.15) is 34.2 Å². The van der Waals surface area contributed by atoms with Crippen LogP contribution in [0.1, 0.15) is 43.7 Å². The fourth-order valence-corrected chi connectivity index (χ4v) is 4.37. The maximum atomic E-state index is 13.5. The van der Waals surface area contributed by atoms with Crippen molar-refractivity contribution >= 4 is 39.3 Å². The van der Waals surface area contributed by atoms with E-state index in [-0.39, 0.29) is 16.3 Å². The molecule has 202 valence electrons. The number of carbonyl (C=O) groups is 2. The molecule has 0 aliphatic carbocycles. The van der Waals surface area contributed by atoms with Crippen LogP contribution in [0.5, 0.6) is 0 Å². The molecule has 0 bridgehead atoms. The normalized spacial score (nSPS) is 13.0. The highest BCUT2D eigenvalue weighted by Crippen LogP contribution is 2.29. The van der Waals surface area contributed by atoms with Gasteiger partial charge in [-0.3, -0.25) is 9.48 Å². The Morgan fingerprint density at radius 2 is 1.86 bits per heavy atom. The predicted molar refractivity (Wildman–Crippen MR) is 121 cm³/mol. The quantitative estimate of drug-likeness (QED) is 0.399. The average Bonchev–Trinajstić information content (AvgIpc) is 3.05. The lowest BCUT2D eigenvalue weighted by Gasteiger charge is -2.32. The lowest BCUT2D eigenvalue weighted by molar-refractivity contribution is -0.179. The minimum Gasteiger partial charge on any atom is -0.443 e. The number of nitrogens with zero attached hydrogens (tertiary/aromatic N) is 4. The van der Waals surface area contributed by atoms with Crippen molar-refractivity contribution in [3.05, 3.63) is 40.3 Å². The highest BCUT2D eigenvalue weighted by atomic mass is 35.5. The van der Waals surface area contributed by atoms with Gasteiger partial charge in [-0.05, 0) is 45.9 Å². The molecule has 0 aliphatic heterocycles. The van der Waals surface area contributed by atoms with Crippen LogP contribution in [0.3, 0.4) is 0 Å². The van der Waals surface area contributed by atoms with Gasteiger partial charge in [-0.1, -0.05) is 11.6 Å². The number of nitriles is 1. The van der Waals surface area contributed by atoms with E-state index in [4.69, 9.17) is 21.6 Å². The van der Waals surface area contributed by atoms with Crippen LogP contribution in [0.4, 0.5) is 28.0 Å². The van der Waals surface area contributed by atoms with E-state index in [1.54, 1.807) is 6.07 Å². The number of rotatable bonds is 6. The monoisotopic (exact) mass is 568 g/mol. The number of nitrogens with one attached hydrogen (secondary N) is 2. The summed E-state index contributed by atoms with van der Waals surface area (Å²) in [5.74, 6) is -1.88. The van der Waals surface area contributed by atoms with E-state index in [0.717, 1.165) is 29.9 Å². The number of anilines is 1. The van der Waals surface area contributed by atoms with Crippen molar-refractivity contribution in [1.82, 2.24) is 19.6 Å².